The van der Waals surface area contributed by atoms with Gasteiger partial charge in [-0.1, -0.05) is 71.7 Å². The van der Waals surface area contributed by atoms with Crippen LogP contribution in [-0.4, -0.2) is 7.11 Å². The van der Waals surface area contributed by atoms with Gasteiger partial charge in [0.1, 0.15) is 6.61 Å². The van der Waals surface area contributed by atoms with Gasteiger partial charge < -0.3 is 9.47 Å². The molecule has 0 N–H and O–H groups in total. The lowest BCUT2D eigenvalue weighted by atomic mass is 10.0. The summed E-state index contributed by atoms with van der Waals surface area (Å²) in [5.41, 5.74) is 2.83. The number of halogens is 2. The highest BCUT2D eigenvalue weighted by atomic mass is 35.5. The Morgan fingerprint density at radius 2 is 1.71 bits per heavy atom. The maximum absolute atomic E-state index is 9.56. The molecule has 0 atom stereocenters. The molecule has 3 aromatic carbocycles. The maximum atomic E-state index is 9.56. The molecule has 0 radical (unpaired) electrons. The summed E-state index contributed by atoms with van der Waals surface area (Å²) in [7, 11) is 1.55. The van der Waals surface area contributed by atoms with Crippen molar-refractivity contribution in [2.45, 2.75) is 6.61 Å². The van der Waals surface area contributed by atoms with E-state index in [1.165, 1.54) is 0 Å². The monoisotopic (exact) mass is 409 g/mol. The van der Waals surface area contributed by atoms with Gasteiger partial charge in [-0.25, -0.2) is 0 Å². The van der Waals surface area contributed by atoms with Crippen LogP contribution in [0.3, 0.4) is 0 Å². The predicted octanol–water partition coefficient (Wildman–Crippen LogP) is 6.65. The molecule has 3 rings (SSSR count). The normalized spacial score (nSPS) is 11.0. The van der Waals surface area contributed by atoms with Crippen LogP contribution in [0.2, 0.25) is 10.0 Å². The van der Waals surface area contributed by atoms with E-state index in [1.807, 2.05) is 42.5 Å². The van der Waals surface area contributed by atoms with Crippen molar-refractivity contribution < 1.29 is 9.47 Å². The molecule has 0 saturated heterocycles. The highest BCUT2D eigenvalue weighted by molar-refractivity contribution is 6.33. The third-order valence-corrected chi connectivity index (χ3v) is 4.68. The largest absolute Gasteiger partial charge is 0.493 e. The van der Waals surface area contributed by atoms with Gasteiger partial charge in [-0.05, 0) is 35.4 Å². The lowest BCUT2D eigenvalue weighted by Gasteiger charge is -2.14. The Morgan fingerprint density at radius 3 is 2.39 bits per heavy atom. The smallest absolute Gasteiger partial charge is 0.180 e. The molecule has 0 aliphatic carbocycles. The van der Waals surface area contributed by atoms with Gasteiger partial charge in [-0.15, -0.1) is 0 Å². The molecule has 0 spiro atoms. The molecule has 5 heteroatoms. The van der Waals surface area contributed by atoms with Crippen LogP contribution in [0, 0.1) is 11.3 Å². The molecule has 0 bridgehead atoms. The zero-order valence-electron chi connectivity index (χ0n) is 15.2. The number of benzene rings is 3. The first-order chi connectivity index (χ1) is 13.6. The minimum atomic E-state index is 0.370. The first-order valence-electron chi connectivity index (χ1n) is 8.53. The van der Waals surface area contributed by atoms with Crippen LogP contribution in [0.1, 0.15) is 16.7 Å². The van der Waals surface area contributed by atoms with E-state index >= 15 is 0 Å². The minimum absolute atomic E-state index is 0.370. The Balaban J connectivity index is 1.92. The van der Waals surface area contributed by atoms with Crippen molar-refractivity contribution in [3.63, 3.8) is 0 Å². The molecular formula is C23H17Cl2NO2. The molecule has 0 saturated carbocycles. The second-order valence-corrected chi connectivity index (χ2v) is 6.77. The van der Waals surface area contributed by atoms with Crippen molar-refractivity contribution in [2.75, 3.05) is 7.11 Å². The summed E-state index contributed by atoms with van der Waals surface area (Å²) in [5, 5.41) is 10.5. The molecule has 0 unspecified atom stereocenters. The number of ether oxygens (including phenoxy) is 2. The second kappa shape index (κ2) is 9.32. The number of nitriles is 1. The Bertz CT molecular complexity index is 1040. The van der Waals surface area contributed by atoms with E-state index in [2.05, 4.69) is 6.07 Å². The molecule has 0 fully saturated rings. The quantitative estimate of drug-likeness (QED) is 0.338. The highest BCUT2D eigenvalue weighted by Gasteiger charge is 2.13. The molecule has 140 valence electrons. The van der Waals surface area contributed by atoms with Crippen molar-refractivity contribution in [3.05, 3.63) is 93.5 Å². The summed E-state index contributed by atoms with van der Waals surface area (Å²) in [6, 6.07) is 22.7. The van der Waals surface area contributed by atoms with Crippen LogP contribution in [0.25, 0.3) is 11.6 Å². The number of rotatable bonds is 6. The molecule has 3 aromatic rings. The molecule has 0 heterocycles. The third kappa shape index (κ3) is 4.67. The van der Waals surface area contributed by atoms with Crippen LogP contribution in [0.15, 0.2) is 66.7 Å². The molecule has 28 heavy (non-hydrogen) atoms. The maximum Gasteiger partial charge on any atom is 0.180 e. The predicted molar refractivity (Wildman–Crippen MR) is 114 cm³/mol. The summed E-state index contributed by atoms with van der Waals surface area (Å²) in [4.78, 5) is 0. The first kappa shape index (κ1) is 19.8. The molecule has 0 aliphatic rings. The highest BCUT2D eigenvalue weighted by Crippen LogP contribution is 2.38. The average molecular weight is 410 g/mol. The molecule has 0 aliphatic heterocycles. The van der Waals surface area contributed by atoms with Gasteiger partial charge in [-0.2, -0.15) is 5.26 Å². The van der Waals surface area contributed by atoms with E-state index in [0.29, 0.717) is 44.9 Å². The summed E-state index contributed by atoms with van der Waals surface area (Å²) in [6.07, 6.45) is 1.72. The second-order valence-electron chi connectivity index (χ2n) is 5.96. The SMILES string of the molecule is COc1cc(C=C(C#N)c2ccccc2Cl)cc(Cl)c1OCc1ccccc1. The van der Waals surface area contributed by atoms with Gasteiger partial charge in [0, 0.05) is 10.6 Å². The fourth-order valence-corrected chi connectivity index (χ4v) is 3.22. The van der Waals surface area contributed by atoms with Gasteiger partial charge in [-0.3, -0.25) is 0 Å². The van der Waals surface area contributed by atoms with Gasteiger partial charge >= 0.3 is 0 Å². The van der Waals surface area contributed by atoms with Crippen LogP contribution >= 0.6 is 23.2 Å². The first-order valence-corrected chi connectivity index (χ1v) is 9.29. The molecule has 0 aromatic heterocycles. The zero-order valence-corrected chi connectivity index (χ0v) is 16.7. The Labute approximate surface area is 174 Å². The Morgan fingerprint density at radius 1 is 1.00 bits per heavy atom. The number of hydrogen-bond donors (Lipinski definition) is 0. The topological polar surface area (TPSA) is 42.2 Å². The molecule has 3 nitrogen and oxygen atoms in total. The third-order valence-electron chi connectivity index (χ3n) is 4.07. The van der Waals surface area contributed by atoms with E-state index in [0.717, 1.165) is 5.56 Å². The van der Waals surface area contributed by atoms with Gasteiger partial charge in [0.05, 0.1) is 23.8 Å². The molecular weight excluding hydrogens is 393 g/mol. The lowest BCUT2D eigenvalue weighted by Crippen LogP contribution is -1.99. The minimum Gasteiger partial charge on any atom is -0.493 e. The molecule has 0 amide bonds. The number of hydrogen-bond acceptors (Lipinski definition) is 3. The van der Waals surface area contributed by atoms with Crippen molar-refractivity contribution in [3.8, 4) is 17.6 Å². The van der Waals surface area contributed by atoms with Crippen LogP contribution < -0.4 is 9.47 Å². The van der Waals surface area contributed by atoms with E-state index in [4.69, 9.17) is 32.7 Å². The number of nitrogens with zero attached hydrogens (tertiary/aromatic N) is 1. The number of allylic oxidation sites excluding steroid dienone is 1. The van der Waals surface area contributed by atoms with E-state index in [-0.39, 0.29) is 0 Å². The van der Waals surface area contributed by atoms with Crippen molar-refractivity contribution in [1.29, 1.82) is 5.26 Å². The average Bonchev–Trinajstić information content (AvgIpc) is 2.72. The van der Waals surface area contributed by atoms with Crippen molar-refractivity contribution >= 4 is 34.9 Å². The fourth-order valence-electron chi connectivity index (χ4n) is 2.71. The summed E-state index contributed by atoms with van der Waals surface area (Å²) < 4.78 is 11.3. The Hall–Kier alpha value is -2.93. The number of methoxy groups -OCH3 is 1. The summed E-state index contributed by atoms with van der Waals surface area (Å²) >= 11 is 12.7. The standard InChI is InChI=1S/C23H17Cl2NO2/c1-27-22-13-17(11-18(14-26)19-9-5-6-10-20(19)24)12-21(25)23(22)28-15-16-7-3-2-4-8-16/h2-13H,15H2,1H3. The zero-order chi connectivity index (χ0) is 19.9. The lowest BCUT2D eigenvalue weighted by molar-refractivity contribution is 0.284. The van der Waals surface area contributed by atoms with E-state index < -0.39 is 0 Å². The van der Waals surface area contributed by atoms with Crippen molar-refractivity contribution in [1.82, 2.24) is 0 Å². The van der Waals surface area contributed by atoms with Gasteiger partial charge in [0.2, 0.25) is 0 Å². The van der Waals surface area contributed by atoms with Crippen LogP contribution in [0.5, 0.6) is 11.5 Å². The van der Waals surface area contributed by atoms with Gasteiger partial charge in [0.15, 0.2) is 11.5 Å². The van der Waals surface area contributed by atoms with E-state index in [1.54, 1.807) is 37.5 Å². The van der Waals surface area contributed by atoms with Crippen LogP contribution in [-0.2, 0) is 6.61 Å². The Kier molecular flexibility index (Phi) is 6.60. The summed E-state index contributed by atoms with van der Waals surface area (Å²) in [5.74, 6) is 0.951. The van der Waals surface area contributed by atoms with Gasteiger partial charge in [0.25, 0.3) is 0 Å². The van der Waals surface area contributed by atoms with Crippen molar-refractivity contribution in [2.24, 2.45) is 0 Å². The van der Waals surface area contributed by atoms with E-state index in [9.17, 15) is 5.26 Å². The van der Waals surface area contributed by atoms with Crippen LogP contribution in [0.4, 0.5) is 0 Å². The summed E-state index contributed by atoms with van der Waals surface area (Å²) in [6.45, 7) is 0.370. The fraction of sp³-hybridized carbons (Fsp3) is 0.0870.